The lowest BCUT2D eigenvalue weighted by Crippen LogP contribution is -2.72. The van der Waals surface area contributed by atoms with Crippen molar-refractivity contribution in [2.24, 2.45) is 34.5 Å². The Labute approximate surface area is 237 Å². The molecule has 0 unspecified atom stereocenters. The molecule has 40 heavy (non-hydrogen) atoms. The molecule has 226 valence electrons. The van der Waals surface area contributed by atoms with Crippen LogP contribution in [0.1, 0.15) is 80.1 Å². The van der Waals surface area contributed by atoms with E-state index < -0.39 is 35.2 Å². The number of esters is 3. The van der Waals surface area contributed by atoms with Gasteiger partial charge in [-0.3, -0.25) is 14.4 Å². The van der Waals surface area contributed by atoms with Crippen LogP contribution in [0.15, 0.2) is 0 Å². The lowest BCUT2D eigenvalue weighted by atomic mass is 9.42. The normalized spacial score (nSPS) is 46.3. The van der Waals surface area contributed by atoms with Gasteiger partial charge in [-0.1, -0.05) is 27.7 Å². The van der Waals surface area contributed by atoms with Crippen LogP contribution in [0.5, 0.6) is 0 Å². The Morgan fingerprint density at radius 3 is 2.30 bits per heavy atom. The standard InChI is InChI=1S/C30H46O10/c1-8-16(2)26(33)38-22-10-9-21-28(6,23-12-20-13-25(34-7)40-27(20)39-23)17(3)11-24(37-19(5)32)29(21,14-35-18(4)31)30(22)15-36-30/h16-17,20-25,27H,8-15H2,1-7H3/t16-,17-,20+,21-,22+,23+,24+,25-,27-,28+,29+,30-/m1/s1. The maximum absolute atomic E-state index is 13.0. The summed E-state index contributed by atoms with van der Waals surface area (Å²) in [6, 6.07) is 0. The van der Waals surface area contributed by atoms with Crippen LogP contribution in [0.3, 0.4) is 0 Å². The second-order valence-corrected chi connectivity index (χ2v) is 13.0. The maximum atomic E-state index is 13.0. The van der Waals surface area contributed by atoms with Gasteiger partial charge in [0, 0.05) is 38.7 Å². The fraction of sp³-hybridized carbons (Fsp3) is 0.900. The number of methoxy groups -OCH3 is 1. The van der Waals surface area contributed by atoms with Gasteiger partial charge in [-0.05, 0) is 43.9 Å². The number of carbonyl (C=O) groups excluding carboxylic acids is 3. The quantitative estimate of drug-likeness (QED) is 0.244. The summed E-state index contributed by atoms with van der Waals surface area (Å²) in [7, 11) is 1.65. The number of fused-ring (bicyclic) bond motifs is 3. The molecular weight excluding hydrogens is 520 g/mol. The van der Waals surface area contributed by atoms with E-state index in [0.29, 0.717) is 32.3 Å². The highest BCUT2D eigenvalue weighted by molar-refractivity contribution is 5.72. The molecule has 5 fully saturated rings. The minimum Gasteiger partial charge on any atom is -0.465 e. The Morgan fingerprint density at radius 2 is 1.73 bits per heavy atom. The largest absolute Gasteiger partial charge is 0.465 e. The molecule has 0 aromatic heterocycles. The summed E-state index contributed by atoms with van der Waals surface area (Å²) >= 11 is 0. The van der Waals surface area contributed by atoms with E-state index in [1.54, 1.807) is 7.11 Å². The SMILES string of the molecule is CC[C@@H](C)C(=O)O[C@H]1CC[C@@H]2[C@@](C)([C@@H]3C[C@H]4C[C@H](OC)O[C@H]4O3)[C@H](C)C[C@H](OC(C)=O)[C@@]2(COC(C)=O)[C@@]12CO2. The van der Waals surface area contributed by atoms with Crippen LogP contribution in [-0.4, -0.2) is 74.7 Å². The second kappa shape index (κ2) is 10.8. The van der Waals surface area contributed by atoms with E-state index in [4.69, 9.17) is 33.2 Å². The average Bonchev–Trinajstić information content (AvgIpc) is 3.44. The third kappa shape index (κ3) is 4.57. The second-order valence-electron chi connectivity index (χ2n) is 13.0. The topological polar surface area (TPSA) is 119 Å². The first-order chi connectivity index (χ1) is 18.9. The van der Waals surface area contributed by atoms with Crippen molar-refractivity contribution in [2.75, 3.05) is 20.3 Å². The molecule has 3 aliphatic heterocycles. The molecule has 12 atom stereocenters. The van der Waals surface area contributed by atoms with Gasteiger partial charge in [0.1, 0.15) is 24.4 Å². The minimum absolute atomic E-state index is 0.00641. The molecule has 3 saturated heterocycles. The molecular formula is C30H46O10. The zero-order valence-electron chi connectivity index (χ0n) is 24.9. The van der Waals surface area contributed by atoms with Gasteiger partial charge in [-0.25, -0.2) is 0 Å². The predicted molar refractivity (Wildman–Crippen MR) is 141 cm³/mol. The van der Waals surface area contributed by atoms with Gasteiger partial charge in [0.2, 0.25) is 0 Å². The fourth-order valence-corrected chi connectivity index (χ4v) is 8.51. The number of epoxide rings is 1. The van der Waals surface area contributed by atoms with Crippen molar-refractivity contribution in [3.05, 3.63) is 0 Å². The van der Waals surface area contributed by atoms with E-state index >= 15 is 0 Å². The Kier molecular flexibility index (Phi) is 8.05. The summed E-state index contributed by atoms with van der Waals surface area (Å²) < 4.78 is 42.5. The van der Waals surface area contributed by atoms with Crippen molar-refractivity contribution in [1.82, 2.24) is 0 Å². The van der Waals surface area contributed by atoms with Gasteiger partial charge in [-0.15, -0.1) is 0 Å². The third-order valence-corrected chi connectivity index (χ3v) is 11.1. The number of rotatable bonds is 8. The molecule has 2 saturated carbocycles. The molecule has 0 radical (unpaired) electrons. The summed E-state index contributed by atoms with van der Waals surface area (Å²) in [6.07, 6.45) is 2.27. The van der Waals surface area contributed by atoms with E-state index in [2.05, 4.69) is 13.8 Å². The van der Waals surface area contributed by atoms with Gasteiger partial charge in [-0.2, -0.15) is 0 Å². The fourth-order valence-electron chi connectivity index (χ4n) is 8.51. The van der Waals surface area contributed by atoms with E-state index in [0.717, 1.165) is 12.8 Å². The summed E-state index contributed by atoms with van der Waals surface area (Å²) in [5.74, 6) is -1.10. The first kappa shape index (κ1) is 29.7. The zero-order chi connectivity index (χ0) is 29.0. The van der Waals surface area contributed by atoms with Crippen LogP contribution < -0.4 is 0 Å². The van der Waals surface area contributed by atoms with E-state index in [-0.39, 0.29) is 60.3 Å². The lowest BCUT2D eigenvalue weighted by molar-refractivity contribution is -0.277. The first-order valence-electron chi connectivity index (χ1n) is 14.9. The van der Waals surface area contributed by atoms with Crippen molar-refractivity contribution in [2.45, 2.75) is 117 Å². The van der Waals surface area contributed by atoms with Crippen LogP contribution in [0.25, 0.3) is 0 Å². The van der Waals surface area contributed by atoms with Crippen LogP contribution in [0.2, 0.25) is 0 Å². The highest BCUT2D eigenvalue weighted by Crippen LogP contribution is 2.70. The van der Waals surface area contributed by atoms with Gasteiger partial charge in [0.25, 0.3) is 0 Å². The summed E-state index contributed by atoms with van der Waals surface area (Å²) in [5, 5.41) is 0. The molecule has 2 aliphatic carbocycles. The van der Waals surface area contributed by atoms with Crippen LogP contribution >= 0.6 is 0 Å². The molecule has 0 N–H and O–H groups in total. The molecule has 0 bridgehead atoms. The molecule has 10 heteroatoms. The van der Waals surface area contributed by atoms with Crippen molar-refractivity contribution < 1.29 is 47.5 Å². The average molecular weight is 567 g/mol. The van der Waals surface area contributed by atoms with Gasteiger partial charge in [0.05, 0.1) is 24.0 Å². The van der Waals surface area contributed by atoms with Crippen molar-refractivity contribution in [3.63, 3.8) is 0 Å². The van der Waals surface area contributed by atoms with Gasteiger partial charge in [0.15, 0.2) is 12.6 Å². The molecule has 0 aromatic rings. The monoisotopic (exact) mass is 566 g/mol. The highest BCUT2D eigenvalue weighted by Gasteiger charge is 2.80. The van der Waals surface area contributed by atoms with Crippen molar-refractivity contribution >= 4 is 17.9 Å². The van der Waals surface area contributed by atoms with Crippen LogP contribution in [0.4, 0.5) is 0 Å². The van der Waals surface area contributed by atoms with Gasteiger partial charge >= 0.3 is 17.9 Å². The summed E-state index contributed by atoms with van der Waals surface area (Å²) in [6.45, 7) is 11.4. The zero-order valence-corrected chi connectivity index (χ0v) is 24.9. The minimum atomic E-state index is -0.928. The van der Waals surface area contributed by atoms with Crippen LogP contribution in [0, 0.1) is 34.5 Å². The Hall–Kier alpha value is -1.75. The molecule has 5 rings (SSSR count). The number of hydrogen-bond acceptors (Lipinski definition) is 10. The van der Waals surface area contributed by atoms with Crippen molar-refractivity contribution in [3.8, 4) is 0 Å². The lowest BCUT2D eigenvalue weighted by Gasteiger charge is -2.64. The smallest absolute Gasteiger partial charge is 0.309 e. The molecule has 0 amide bonds. The van der Waals surface area contributed by atoms with Gasteiger partial charge < -0.3 is 33.2 Å². The van der Waals surface area contributed by atoms with E-state index in [1.165, 1.54) is 13.8 Å². The van der Waals surface area contributed by atoms with Crippen LogP contribution in [-0.2, 0) is 47.5 Å². The molecule has 0 aromatic carbocycles. The third-order valence-electron chi connectivity index (χ3n) is 11.1. The van der Waals surface area contributed by atoms with E-state index in [1.807, 2.05) is 13.8 Å². The Morgan fingerprint density at radius 1 is 1.00 bits per heavy atom. The Bertz CT molecular complexity index is 981. The molecule has 5 aliphatic rings. The first-order valence-corrected chi connectivity index (χ1v) is 14.9. The highest BCUT2D eigenvalue weighted by atomic mass is 16.8. The summed E-state index contributed by atoms with van der Waals surface area (Å²) in [4.78, 5) is 37.8. The summed E-state index contributed by atoms with van der Waals surface area (Å²) in [5.41, 5.74) is -2.22. The predicted octanol–water partition coefficient (Wildman–Crippen LogP) is 3.77. The Balaban J connectivity index is 1.56. The van der Waals surface area contributed by atoms with E-state index in [9.17, 15) is 14.4 Å². The number of carbonyl (C=O) groups is 3. The number of hydrogen-bond donors (Lipinski definition) is 0. The van der Waals surface area contributed by atoms with Crippen molar-refractivity contribution in [1.29, 1.82) is 0 Å². The number of ether oxygens (including phenoxy) is 7. The molecule has 3 heterocycles. The maximum Gasteiger partial charge on any atom is 0.309 e. The molecule has 1 spiro atoms. The molecule has 10 nitrogen and oxygen atoms in total.